The molecule has 0 unspecified atom stereocenters. The molecule has 0 saturated carbocycles. The molecule has 1 N–H and O–H groups in total. The minimum atomic E-state index is -3.46. The number of thiazole rings is 1. The van der Waals surface area contributed by atoms with Crippen LogP contribution in [-0.4, -0.2) is 67.9 Å². The summed E-state index contributed by atoms with van der Waals surface area (Å²) in [6.07, 6.45) is 0.247. The fourth-order valence-electron chi connectivity index (χ4n) is 2.97. The molecule has 27 heavy (non-hydrogen) atoms. The number of aliphatic hydroxyl groups excluding tert-OH is 1. The number of carbonyl (C=O) groups is 1. The van der Waals surface area contributed by atoms with Gasteiger partial charge in [-0.25, -0.2) is 13.4 Å². The van der Waals surface area contributed by atoms with Gasteiger partial charge in [-0.3, -0.25) is 4.79 Å². The SMILES string of the molecule is Cc1csc(N2CCN(C(=O)Cc3ccc(S(=O)(=O)CCO)cc3)CC2)n1. The minimum absolute atomic E-state index is 0.0379. The summed E-state index contributed by atoms with van der Waals surface area (Å²) in [5, 5.41) is 11.9. The third-order valence-electron chi connectivity index (χ3n) is 4.51. The van der Waals surface area contributed by atoms with E-state index in [-0.39, 0.29) is 23.0 Å². The Morgan fingerprint density at radius 2 is 1.85 bits per heavy atom. The molecular weight excluding hydrogens is 386 g/mol. The molecule has 2 aromatic rings. The van der Waals surface area contributed by atoms with Crippen LogP contribution in [0.1, 0.15) is 11.3 Å². The van der Waals surface area contributed by atoms with Gasteiger partial charge in [0.1, 0.15) is 0 Å². The van der Waals surface area contributed by atoms with Gasteiger partial charge in [0.2, 0.25) is 5.91 Å². The highest BCUT2D eigenvalue weighted by Gasteiger charge is 2.23. The van der Waals surface area contributed by atoms with Gasteiger partial charge in [-0.05, 0) is 24.6 Å². The number of amides is 1. The smallest absolute Gasteiger partial charge is 0.227 e. The largest absolute Gasteiger partial charge is 0.395 e. The Morgan fingerprint density at radius 1 is 1.19 bits per heavy atom. The van der Waals surface area contributed by atoms with Crippen molar-refractivity contribution < 1.29 is 18.3 Å². The van der Waals surface area contributed by atoms with Crippen molar-refractivity contribution in [3.05, 3.63) is 40.9 Å². The van der Waals surface area contributed by atoms with Crippen LogP contribution in [0, 0.1) is 6.92 Å². The molecule has 0 radical (unpaired) electrons. The quantitative estimate of drug-likeness (QED) is 0.769. The lowest BCUT2D eigenvalue weighted by Crippen LogP contribution is -2.49. The zero-order valence-electron chi connectivity index (χ0n) is 15.2. The lowest BCUT2D eigenvalue weighted by Gasteiger charge is -2.34. The van der Waals surface area contributed by atoms with Crippen LogP contribution in [0.5, 0.6) is 0 Å². The Kier molecular flexibility index (Phi) is 6.13. The number of carbonyl (C=O) groups excluding carboxylic acids is 1. The number of hydrogen-bond acceptors (Lipinski definition) is 7. The second-order valence-electron chi connectivity index (χ2n) is 6.50. The topological polar surface area (TPSA) is 90.8 Å². The molecule has 0 atom stereocenters. The van der Waals surface area contributed by atoms with E-state index in [4.69, 9.17) is 5.11 Å². The van der Waals surface area contributed by atoms with Crippen molar-refractivity contribution in [2.75, 3.05) is 43.4 Å². The van der Waals surface area contributed by atoms with Gasteiger partial charge < -0.3 is 14.9 Å². The van der Waals surface area contributed by atoms with Crippen molar-refractivity contribution in [2.24, 2.45) is 0 Å². The summed E-state index contributed by atoms with van der Waals surface area (Å²) in [6, 6.07) is 6.32. The van der Waals surface area contributed by atoms with E-state index in [2.05, 4.69) is 9.88 Å². The first-order chi connectivity index (χ1) is 12.9. The number of sulfone groups is 1. The third-order valence-corrected chi connectivity index (χ3v) is 7.24. The lowest BCUT2D eigenvalue weighted by molar-refractivity contribution is -0.130. The average Bonchev–Trinajstić information content (AvgIpc) is 3.09. The molecule has 0 bridgehead atoms. The maximum absolute atomic E-state index is 12.5. The van der Waals surface area contributed by atoms with Crippen molar-refractivity contribution in [3.63, 3.8) is 0 Å². The van der Waals surface area contributed by atoms with Crippen molar-refractivity contribution in [1.29, 1.82) is 0 Å². The van der Waals surface area contributed by atoms with Crippen LogP contribution >= 0.6 is 11.3 Å². The van der Waals surface area contributed by atoms with E-state index in [1.807, 2.05) is 17.2 Å². The summed E-state index contributed by atoms with van der Waals surface area (Å²) in [7, 11) is -3.46. The van der Waals surface area contributed by atoms with Crippen molar-refractivity contribution in [2.45, 2.75) is 18.2 Å². The van der Waals surface area contributed by atoms with Gasteiger partial charge in [-0.2, -0.15) is 0 Å². The highest BCUT2D eigenvalue weighted by atomic mass is 32.2. The molecule has 1 aliphatic rings. The first-order valence-corrected chi connectivity index (χ1v) is 11.3. The average molecular weight is 410 g/mol. The van der Waals surface area contributed by atoms with E-state index in [1.165, 1.54) is 12.1 Å². The number of rotatable bonds is 6. The van der Waals surface area contributed by atoms with E-state index < -0.39 is 16.4 Å². The number of anilines is 1. The molecule has 1 saturated heterocycles. The van der Waals surface area contributed by atoms with Gasteiger partial charge in [-0.1, -0.05) is 12.1 Å². The minimum Gasteiger partial charge on any atom is -0.395 e. The fraction of sp³-hybridized carbons (Fsp3) is 0.444. The van der Waals surface area contributed by atoms with Crippen molar-refractivity contribution >= 4 is 32.2 Å². The Bertz CT molecular complexity index is 886. The summed E-state index contributed by atoms with van der Waals surface area (Å²) < 4.78 is 23.8. The molecule has 1 aliphatic heterocycles. The molecule has 3 rings (SSSR count). The molecule has 9 heteroatoms. The number of aryl methyl sites for hydroxylation is 1. The molecule has 1 fully saturated rings. The van der Waals surface area contributed by atoms with Gasteiger partial charge in [-0.15, -0.1) is 11.3 Å². The van der Waals surface area contributed by atoms with Crippen LogP contribution < -0.4 is 4.90 Å². The fourth-order valence-corrected chi connectivity index (χ4v) is 4.86. The van der Waals surface area contributed by atoms with Gasteiger partial charge in [0.05, 0.1) is 29.4 Å². The zero-order valence-corrected chi connectivity index (χ0v) is 16.8. The molecule has 1 aromatic heterocycles. The van der Waals surface area contributed by atoms with Crippen LogP contribution in [0.2, 0.25) is 0 Å². The van der Waals surface area contributed by atoms with Crippen molar-refractivity contribution in [1.82, 2.24) is 9.88 Å². The van der Waals surface area contributed by atoms with Crippen LogP contribution in [0.15, 0.2) is 34.5 Å². The molecular formula is C18H23N3O4S2. The summed E-state index contributed by atoms with van der Waals surface area (Å²) in [4.78, 5) is 21.2. The molecule has 2 heterocycles. The Balaban J connectivity index is 1.55. The standard InChI is InChI=1S/C18H23N3O4S2/c1-14-13-26-18(19-14)21-8-6-20(7-9-21)17(23)12-15-2-4-16(5-3-15)27(24,25)11-10-22/h2-5,13,22H,6-12H2,1H3. The first kappa shape index (κ1) is 19.8. The highest BCUT2D eigenvalue weighted by Crippen LogP contribution is 2.21. The molecule has 1 aromatic carbocycles. The lowest BCUT2D eigenvalue weighted by atomic mass is 10.1. The highest BCUT2D eigenvalue weighted by molar-refractivity contribution is 7.91. The van der Waals surface area contributed by atoms with E-state index >= 15 is 0 Å². The Labute approximate surface area is 163 Å². The normalized spacial score (nSPS) is 15.2. The zero-order chi connectivity index (χ0) is 19.4. The van der Waals surface area contributed by atoms with Crippen LogP contribution in [0.4, 0.5) is 5.13 Å². The number of nitrogens with zero attached hydrogens (tertiary/aromatic N) is 3. The maximum atomic E-state index is 12.5. The number of aliphatic hydroxyl groups is 1. The Morgan fingerprint density at radius 3 is 2.41 bits per heavy atom. The van der Waals surface area contributed by atoms with E-state index in [0.717, 1.165) is 29.5 Å². The molecule has 146 valence electrons. The molecule has 0 spiro atoms. The van der Waals surface area contributed by atoms with Gasteiger partial charge >= 0.3 is 0 Å². The summed E-state index contributed by atoms with van der Waals surface area (Å²) >= 11 is 1.62. The number of benzene rings is 1. The number of hydrogen-bond donors (Lipinski definition) is 1. The summed E-state index contributed by atoms with van der Waals surface area (Å²) in [5.74, 6) is -0.260. The second-order valence-corrected chi connectivity index (χ2v) is 9.45. The van der Waals surface area contributed by atoms with Crippen LogP contribution in [0.3, 0.4) is 0 Å². The predicted octanol–water partition coefficient (Wildman–Crippen LogP) is 1.11. The molecule has 7 nitrogen and oxygen atoms in total. The number of aromatic nitrogens is 1. The molecule has 1 amide bonds. The second kappa shape index (κ2) is 8.37. The monoisotopic (exact) mass is 409 g/mol. The summed E-state index contributed by atoms with van der Waals surface area (Å²) in [6.45, 7) is 4.39. The summed E-state index contributed by atoms with van der Waals surface area (Å²) in [5.41, 5.74) is 1.79. The van der Waals surface area contributed by atoms with E-state index in [1.54, 1.807) is 23.5 Å². The van der Waals surface area contributed by atoms with Gasteiger partial charge in [0.15, 0.2) is 15.0 Å². The van der Waals surface area contributed by atoms with Gasteiger partial charge in [0.25, 0.3) is 0 Å². The van der Waals surface area contributed by atoms with Gasteiger partial charge in [0, 0.05) is 31.6 Å². The molecule has 0 aliphatic carbocycles. The first-order valence-electron chi connectivity index (χ1n) is 8.76. The third kappa shape index (κ3) is 4.85. The van der Waals surface area contributed by atoms with Crippen LogP contribution in [0.25, 0.3) is 0 Å². The Hall–Kier alpha value is -1.97. The predicted molar refractivity (Wildman–Crippen MR) is 105 cm³/mol. The van der Waals surface area contributed by atoms with Crippen LogP contribution in [-0.2, 0) is 21.1 Å². The van der Waals surface area contributed by atoms with E-state index in [9.17, 15) is 13.2 Å². The van der Waals surface area contributed by atoms with E-state index in [0.29, 0.717) is 13.1 Å². The maximum Gasteiger partial charge on any atom is 0.227 e. The number of piperazine rings is 1. The van der Waals surface area contributed by atoms with Crippen molar-refractivity contribution in [3.8, 4) is 0 Å².